The first kappa shape index (κ1) is 22.7. The van der Waals surface area contributed by atoms with Crippen LogP contribution in [0.3, 0.4) is 0 Å². The second-order valence-corrected chi connectivity index (χ2v) is 10.5. The average molecular weight is 462 g/mol. The summed E-state index contributed by atoms with van der Waals surface area (Å²) in [4.78, 5) is 23.6. The van der Waals surface area contributed by atoms with E-state index < -0.39 is 0 Å². The Hall–Kier alpha value is -3.10. The first-order chi connectivity index (χ1) is 16.2. The Balaban J connectivity index is 1.53. The predicted octanol–water partition coefficient (Wildman–Crippen LogP) is 2.81. The monoisotopic (exact) mass is 461 g/mol. The lowest BCUT2D eigenvalue weighted by Crippen LogP contribution is -2.44. The highest BCUT2D eigenvalue weighted by atomic mass is 16.5. The highest BCUT2D eigenvalue weighted by molar-refractivity contribution is 5.87. The second-order valence-electron chi connectivity index (χ2n) is 10.5. The summed E-state index contributed by atoms with van der Waals surface area (Å²) in [5, 5.41) is 5.14. The van der Waals surface area contributed by atoms with Gasteiger partial charge in [0.2, 0.25) is 0 Å². The maximum Gasteiger partial charge on any atom is 0.425 e. The van der Waals surface area contributed by atoms with Crippen molar-refractivity contribution in [1.82, 2.24) is 24.1 Å². The highest BCUT2D eigenvalue weighted by Gasteiger charge is 2.24. The van der Waals surface area contributed by atoms with Crippen molar-refractivity contribution in [2.45, 2.75) is 65.3 Å². The molecule has 2 atom stereocenters. The number of H-pyrrole nitrogens is 1. The molecule has 1 aliphatic rings. The van der Waals surface area contributed by atoms with Gasteiger partial charge >= 0.3 is 5.69 Å². The number of nitrogens with zero attached hydrogens (tertiary/aromatic N) is 5. The molecular formula is C26H33N6O2+. The van der Waals surface area contributed by atoms with E-state index in [1.807, 2.05) is 6.20 Å². The van der Waals surface area contributed by atoms with E-state index in [0.29, 0.717) is 17.8 Å². The number of hydrogen-bond donors (Lipinski definition) is 0. The van der Waals surface area contributed by atoms with Crippen LogP contribution in [0.25, 0.3) is 16.7 Å². The molecule has 8 heteroatoms. The molecule has 1 aliphatic heterocycles. The molecule has 0 radical (unpaired) electrons. The third-order valence-corrected chi connectivity index (χ3v) is 6.49. The number of hydrogen-bond acceptors (Lipinski definition) is 5. The molecule has 1 fully saturated rings. The molecule has 0 bridgehead atoms. The Labute approximate surface area is 199 Å². The number of morpholine rings is 1. The van der Waals surface area contributed by atoms with Gasteiger partial charge in [-0.2, -0.15) is 0 Å². The summed E-state index contributed by atoms with van der Waals surface area (Å²) in [6, 6.07) is 10.6. The fraction of sp³-hybridized carbons (Fsp3) is 0.462. The fourth-order valence-corrected chi connectivity index (χ4v) is 4.89. The molecular weight excluding hydrogens is 428 g/mol. The molecule has 0 saturated carbocycles. The molecule has 4 heterocycles. The largest absolute Gasteiger partial charge is 0.425 e. The third-order valence-electron chi connectivity index (χ3n) is 6.49. The molecule has 3 aromatic heterocycles. The Morgan fingerprint density at radius 1 is 1.06 bits per heavy atom. The lowest BCUT2D eigenvalue weighted by molar-refractivity contribution is -0.345. The van der Waals surface area contributed by atoms with Crippen LogP contribution in [0.5, 0.6) is 0 Å². The summed E-state index contributed by atoms with van der Waals surface area (Å²) in [6.45, 7) is 13.8. The Kier molecular flexibility index (Phi) is 5.73. The van der Waals surface area contributed by atoms with Gasteiger partial charge in [-0.25, -0.2) is 14.8 Å². The number of pyridine rings is 1. The molecule has 0 aliphatic carbocycles. The highest BCUT2D eigenvalue weighted by Crippen LogP contribution is 2.23. The molecule has 0 amide bonds. The lowest BCUT2D eigenvalue weighted by atomic mass is 9.87. The molecule has 4 aromatic rings. The number of benzene rings is 1. The lowest BCUT2D eigenvalue weighted by Gasteiger charge is -2.35. The molecule has 1 aromatic carbocycles. The second kappa shape index (κ2) is 8.60. The zero-order valence-corrected chi connectivity index (χ0v) is 20.6. The SMILES string of the molecule is C[C@@H]1CN(Cc2cnc3c(c2)c2[nH+]cnn2c(=O)n3Cc2ccc(C(C)(C)C)cc2)C[C@H](C)O1. The minimum atomic E-state index is -0.209. The van der Waals surface area contributed by atoms with Crippen molar-refractivity contribution in [3.8, 4) is 0 Å². The van der Waals surface area contributed by atoms with Gasteiger partial charge in [0, 0.05) is 30.9 Å². The number of aromatic amines is 1. The van der Waals surface area contributed by atoms with Crippen LogP contribution in [-0.4, -0.2) is 49.4 Å². The van der Waals surface area contributed by atoms with Gasteiger partial charge in [0.1, 0.15) is 0 Å². The van der Waals surface area contributed by atoms with Crippen LogP contribution in [0.15, 0.2) is 47.7 Å². The summed E-state index contributed by atoms with van der Waals surface area (Å²) in [7, 11) is 0. The molecule has 178 valence electrons. The standard InChI is InChI=1S/C26H32N6O2/c1-17-12-30(13-18(2)34-17)14-20-10-22-23(27-11-20)31(25(33)32-24(22)28-16-29-32)15-19-6-8-21(9-7-19)26(3,4)5/h6-11,16-18H,12-15H2,1-5H3/p+1/t17-,18+. The number of aromatic nitrogens is 5. The molecule has 0 spiro atoms. The molecule has 0 unspecified atom stereocenters. The molecule has 34 heavy (non-hydrogen) atoms. The quantitative estimate of drug-likeness (QED) is 0.467. The first-order valence-electron chi connectivity index (χ1n) is 11.9. The van der Waals surface area contributed by atoms with E-state index >= 15 is 0 Å². The van der Waals surface area contributed by atoms with Crippen LogP contribution in [-0.2, 0) is 23.2 Å². The van der Waals surface area contributed by atoms with E-state index in [1.165, 1.54) is 10.1 Å². The zero-order chi connectivity index (χ0) is 24.0. The van der Waals surface area contributed by atoms with Crippen molar-refractivity contribution >= 4 is 16.7 Å². The van der Waals surface area contributed by atoms with Crippen LogP contribution in [0.1, 0.15) is 51.3 Å². The smallest absolute Gasteiger partial charge is 0.373 e. The Morgan fingerprint density at radius 3 is 2.44 bits per heavy atom. The van der Waals surface area contributed by atoms with Crippen LogP contribution in [0.2, 0.25) is 0 Å². The maximum atomic E-state index is 13.3. The number of ether oxygens (including phenoxy) is 1. The van der Waals surface area contributed by atoms with E-state index in [4.69, 9.17) is 9.72 Å². The Morgan fingerprint density at radius 2 is 1.76 bits per heavy atom. The predicted molar refractivity (Wildman–Crippen MR) is 131 cm³/mol. The van der Waals surface area contributed by atoms with Crippen LogP contribution >= 0.6 is 0 Å². The average Bonchev–Trinajstić information content (AvgIpc) is 3.26. The van der Waals surface area contributed by atoms with Crippen molar-refractivity contribution in [2.75, 3.05) is 13.1 Å². The summed E-state index contributed by atoms with van der Waals surface area (Å²) >= 11 is 0. The summed E-state index contributed by atoms with van der Waals surface area (Å²) in [5.74, 6) is 0. The van der Waals surface area contributed by atoms with E-state index in [-0.39, 0.29) is 23.3 Å². The van der Waals surface area contributed by atoms with Crippen LogP contribution in [0.4, 0.5) is 0 Å². The minimum Gasteiger partial charge on any atom is -0.373 e. The van der Waals surface area contributed by atoms with Gasteiger partial charge < -0.3 is 4.74 Å². The molecule has 8 nitrogen and oxygen atoms in total. The van der Waals surface area contributed by atoms with E-state index in [1.54, 1.807) is 10.9 Å². The van der Waals surface area contributed by atoms with Crippen LogP contribution in [0, 0.1) is 0 Å². The van der Waals surface area contributed by atoms with Crippen molar-refractivity contribution < 1.29 is 9.72 Å². The molecule has 5 rings (SSSR count). The Bertz CT molecular complexity index is 1370. The number of fused-ring (bicyclic) bond motifs is 3. The minimum absolute atomic E-state index is 0.0832. The fourth-order valence-electron chi connectivity index (χ4n) is 4.89. The normalized spacial score (nSPS) is 19.8. The van der Waals surface area contributed by atoms with Gasteiger partial charge in [-0.05, 0) is 46.5 Å². The number of rotatable bonds is 4. The summed E-state index contributed by atoms with van der Waals surface area (Å²) in [5.41, 5.74) is 4.61. The van der Waals surface area contributed by atoms with Crippen molar-refractivity contribution in [2.24, 2.45) is 0 Å². The van der Waals surface area contributed by atoms with Crippen molar-refractivity contribution in [3.05, 3.63) is 70.0 Å². The van der Waals surface area contributed by atoms with E-state index in [2.05, 4.69) is 79.9 Å². The van der Waals surface area contributed by atoms with Crippen molar-refractivity contribution in [1.29, 1.82) is 0 Å². The van der Waals surface area contributed by atoms with Gasteiger partial charge in [-0.15, -0.1) is 0 Å². The first-order valence-corrected chi connectivity index (χ1v) is 11.9. The van der Waals surface area contributed by atoms with E-state index in [0.717, 1.165) is 36.1 Å². The summed E-state index contributed by atoms with van der Waals surface area (Å²) < 4.78 is 9.00. The van der Waals surface area contributed by atoms with Gasteiger partial charge in [-0.1, -0.05) is 45.0 Å². The van der Waals surface area contributed by atoms with Crippen LogP contribution < -0.4 is 10.7 Å². The zero-order valence-electron chi connectivity index (χ0n) is 20.6. The third kappa shape index (κ3) is 4.35. The topological polar surface area (TPSA) is 78.8 Å². The van der Waals surface area contributed by atoms with Gasteiger partial charge in [0.25, 0.3) is 12.0 Å². The van der Waals surface area contributed by atoms with Gasteiger partial charge in [0.05, 0.1) is 24.1 Å². The van der Waals surface area contributed by atoms with Gasteiger partial charge in [-0.3, -0.25) is 9.47 Å². The molecule has 1 N–H and O–H groups in total. The number of nitrogens with one attached hydrogen (secondary N) is 1. The van der Waals surface area contributed by atoms with Crippen molar-refractivity contribution in [3.63, 3.8) is 0 Å². The maximum absolute atomic E-state index is 13.3. The van der Waals surface area contributed by atoms with E-state index in [9.17, 15) is 4.79 Å². The van der Waals surface area contributed by atoms with Gasteiger partial charge in [0.15, 0.2) is 5.65 Å². The molecule has 1 saturated heterocycles. The summed E-state index contributed by atoms with van der Waals surface area (Å²) in [6.07, 6.45) is 3.86.